The van der Waals surface area contributed by atoms with Gasteiger partial charge in [-0.3, -0.25) is 4.79 Å². The zero-order valence-corrected chi connectivity index (χ0v) is 18.8. The van der Waals surface area contributed by atoms with E-state index < -0.39 is 12.0 Å². The molecule has 1 amide bonds. The highest BCUT2D eigenvalue weighted by atomic mass is 16.4. The van der Waals surface area contributed by atoms with E-state index in [0.717, 1.165) is 35.1 Å². The Kier molecular flexibility index (Phi) is 7.94. The van der Waals surface area contributed by atoms with Gasteiger partial charge in [0.05, 0.1) is 0 Å². The van der Waals surface area contributed by atoms with Crippen molar-refractivity contribution in [1.82, 2.24) is 15.9 Å². The Bertz CT molecular complexity index is 958. The van der Waals surface area contributed by atoms with Crippen LogP contribution in [0.2, 0.25) is 0 Å². The zero-order valence-electron chi connectivity index (χ0n) is 18.8. The summed E-state index contributed by atoms with van der Waals surface area (Å²) in [7, 11) is 0. The van der Waals surface area contributed by atoms with Crippen molar-refractivity contribution >= 4 is 11.9 Å². The van der Waals surface area contributed by atoms with E-state index >= 15 is 0 Å². The van der Waals surface area contributed by atoms with E-state index in [1.54, 1.807) is 0 Å². The summed E-state index contributed by atoms with van der Waals surface area (Å²) in [6, 6.07) is 15.0. The number of hydrogen-bond donors (Lipinski definition) is 3. The number of amides is 1. The number of benzene rings is 2. The summed E-state index contributed by atoms with van der Waals surface area (Å²) in [5, 5.41) is 17.7. The predicted octanol–water partition coefficient (Wildman–Crippen LogP) is 4.46. The van der Waals surface area contributed by atoms with Crippen LogP contribution in [0.4, 0.5) is 0 Å². The molecule has 0 saturated heterocycles. The fourth-order valence-corrected chi connectivity index (χ4v) is 3.92. The minimum Gasteiger partial charge on any atom is -0.480 e. The molecular weight excluding hydrogens is 406 g/mol. The van der Waals surface area contributed by atoms with E-state index in [4.69, 9.17) is 0 Å². The van der Waals surface area contributed by atoms with Gasteiger partial charge in [-0.2, -0.15) is 5.43 Å². The third kappa shape index (κ3) is 5.50. The highest BCUT2D eigenvalue weighted by Gasteiger charge is 2.32. The lowest BCUT2D eigenvalue weighted by Crippen LogP contribution is -2.47. The van der Waals surface area contributed by atoms with Crippen LogP contribution < -0.4 is 11.0 Å². The molecule has 2 unspecified atom stereocenters. The van der Waals surface area contributed by atoms with E-state index in [1.165, 1.54) is 4.90 Å². The number of carbonyl (C=O) groups is 2. The molecule has 3 rings (SSSR count). The molecule has 1 heterocycles. The molecular formula is C24H31N5O3. The second kappa shape index (κ2) is 10.9. The summed E-state index contributed by atoms with van der Waals surface area (Å²) in [6.45, 7) is 5.95. The van der Waals surface area contributed by atoms with Gasteiger partial charge in [0, 0.05) is 18.5 Å². The van der Waals surface area contributed by atoms with Gasteiger partial charge < -0.3 is 10.0 Å². The van der Waals surface area contributed by atoms with Crippen molar-refractivity contribution in [2.24, 2.45) is 16.3 Å². The van der Waals surface area contributed by atoms with Crippen LogP contribution in [0.15, 0.2) is 58.9 Å². The van der Waals surface area contributed by atoms with Gasteiger partial charge in [-0.25, -0.2) is 10.3 Å². The van der Waals surface area contributed by atoms with Crippen molar-refractivity contribution in [3.05, 3.63) is 59.7 Å². The molecule has 0 aromatic heterocycles. The molecule has 0 saturated carbocycles. The summed E-state index contributed by atoms with van der Waals surface area (Å²) in [5.41, 5.74) is 9.58. The average Bonchev–Trinajstić information content (AvgIpc) is 3.32. The maximum Gasteiger partial charge on any atom is 0.326 e. The molecule has 170 valence electrons. The number of nitrogens with one attached hydrogen (secondary N) is 2. The molecule has 2 aromatic carbocycles. The van der Waals surface area contributed by atoms with Gasteiger partial charge in [0.2, 0.25) is 5.91 Å². The van der Waals surface area contributed by atoms with Crippen molar-refractivity contribution in [2.45, 2.75) is 58.8 Å². The second-order valence-corrected chi connectivity index (χ2v) is 8.31. The van der Waals surface area contributed by atoms with E-state index in [0.29, 0.717) is 6.42 Å². The largest absolute Gasteiger partial charge is 0.480 e. The molecule has 1 aliphatic heterocycles. The average molecular weight is 438 g/mol. The molecule has 8 heteroatoms. The molecule has 1 aliphatic rings. The van der Waals surface area contributed by atoms with Crippen LogP contribution in [0.5, 0.6) is 0 Å². The van der Waals surface area contributed by atoms with Gasteiger partial charge in [0.15, 0.2) is 6.17 Å². The lowest BCUT2D eigenvalue weighted by molar-refractivity contribution is -0.153. The Morgan fingerprint density at radius 3 is 2.44 bits per heavy atom. The molecule has 3 N–H and O–H groups in total. The number of aliphatic carboxylic acids is 1. The molecule has 0 radical (unpaired) electrons. The normalized spacial score (nSPS) is 16.1. The number of rotatable bonds is 10. The number of hydrazine groups is 1. The Morgan fingerprint density at radius 1 is 1.12 bits per heavy atom. The number of carboxylic acids is 1. The first kappa shape index (κ1) is 23.4. The highest BCUT2D eigenvalue weighted by molar-refractivity contribution is 5.84. The van der Waals surface area contributed by atoms with Crippen molar-refractivity contribution < 1.29 is 14.7 Å². The Hall–Kier alpha value is -3.26. The zero-order chi connectivity index (χ0) is 23.1. The van der Waals surface area contributed by atoms with Crippen molar-refractivity contribution in [1.29, 1.82) is 0 Å². The number of carbonyl (C=O) groups excluding carboxylic acids is 1. The van der Waals surface area contributed by atoms with Crippen LogP contribution in [-0.2, 0) is 16.1 Å². The van der Waals surface area contributed by atoms with Crippen molar-refractivity contribution in [3.63, 3.8) is 0 Å². The van der Waals surface area contributed by atoms with Crippen molar-refractivity contribution in [2.75, 3.05) is 0 Å². The van der Waals surface area contributed by atoms with Gasteiger partial charge in [0.1, 0.15) is 6.04 Å². The Balaban J connectivity index is 1.84. The van der Waals surface area contributed by atoms with E-state index in [-0.39, 0.29) is 24.5 Å². The molecule has 0 fully saturated rings. The Morgan fingerprint density at radius 2 is 1.84 bits per heavy atom. The van der Waals surface area contributed by atoms with Gasteiger partial charge in [-0.05, 0) is 29.0 Å². The number of hydrogen-bond acceptors (Lipinski definition) is 6. The second-order valence-electron chi connectivity index (χ2n) is 8.31. The third-order valence-electron chi connectivity index (χ3n) is 5.58. The van der Waals surface area contributed by atoms with Gasteiger partial charge in [-0.15, -0.1) is 5.11 Å². The van der Waals surface area contributed by atoms with Crippen LogP contribution in [0.25, 0.3) is 11.1 Å². The summed E-state index contributed by atoms with van der Waals surface area (Å²) < 4.78 is 0. The minimum atomic E-state index is -0.970. The van der Waals surface area contributed by atoms with Crippen molar-refractivity contribution in [3.8, 4) is 11.1 Å². The lowest BCUT2D eigenvalue weighted by Gasteiger charge is -2.32. The first-order valence-corrected chi connectivity index (χ1v) is 11.0. The van der Waals surface area contributed by atoms with Crippen LogP contribution in [0.3, 0.4) is 0 Å². The fraction of sp³-hybridized carbons (Fsp3) is 0.417. The molecule has 2 aromatic rings. The first-order valence-electron chi connectivity index (χ1n) is 11.0. The summed E-state index contributed by atoms with van der Waals surface area (Å²) in [5.74, 6) is -1.28. The van der Waals surface area contributed by atoms with Gasteiger partial charge in [-0.1, -0.05) is 80.9 Å². The molecule has 8 nitrogen and oxygen atoms in total. The number of unbranched alkanes of at least 4 members (excludes halogenated alkanes) is 1. The highest BCUT2D eigenvalue weighted by Crippen LogP contribution is 2.30. The smallest absolute Gasteiger partial charge is 0.326 e. The Labute approximate surface area is 188 Å². The topological polar surface area (TPSA) is 106 Å². The SMILES string of the molecule is CCCCC(=O)N(Cc1ccc(-c2ccccc2C2N=NNN2)cc1)C(C(=O)O)C(C)C. The van der Waals surface area contributed by atoms with Gasteiger partial charge in [0.25, 0.3) is 0 Å². The first-order chi connectivity index (χ1) is 15.4. The van der Waals surface area contributed by atoms with E-state index in [2.05, 4.69) is 21.3 Å². The summed E-state index contributed by atoms with van der Waals surface area (Å²) in [4.78, 5) is 26.3. The maximum atomic E-state index is 12.9. The predicted molar refractivity (Wildman–Crippen MR) is 122 cm³/mol. The van der Waals surface area contributed by atoms with Crippen LogP contribution >= 0.6 is 0 Å². The standard InChI is InChI=1S/C24H31N5O3/c1-4-5-10-21(30)29(22(16(2)3)24(31)32)15-17-11-13-18(14-12-17)19-8-6-7-9-20(19)23-25-27-28-26-23/h6-9,11-14,16,22-23H,4-5,10,15H2,1-3H3,(H,25,28)(H,26,27)(H,31,32). The van der Waals surface area contributed by atoms with Crippen LogP contribution in [0, 0.1) is 5.92 Å². The molecule has 0 bridgehead atoms. The van der Waals surface area contributed by atoms with E-state index in [9.17, 15) is 14.7 Å². The maximum absolute atomic E-state index is 12.9. The van der Waals surface area contributed by atoms with E-state index in [1.807, 2.05) is 69.3 Å². The number of carboxylic acid groups (broad SMARTS) is 1. The number of nitrogens with zero attached hydrogens (tertiary/aromatic N) is 3. The monoisotopic (exact) mass is 437 g/mol. The van der Waals surface area contributed by atoms with Gasteiger partial charge >= 0.3 is 5.97 Å². The summed E-state index contributed by atoms with van der Waals surface area (Å²) >= 11 is 0. The summed E-state index contributed by atoms with van der Waals surface area (Å²) in [6.07, 6.45) is 1.73. The lowest BCUT2D eigenvalue weighted by atomic mass is 9.96. The molecule has 0 spiro atoms. The third-order valence-corrected chi connectivity index (χ3v) is 5.58. The van der Waals surface area contributed by atoms with Crippen LogP contribution in [0.1, 0.15) is 57.3 Å². The molecule has 0 aliphatic carbocycles. The minimum absolute atomic E-state index is 0.118. The van der Waals surface area contributed by atoms with Crippen LogP contribution in [-0.4, -0.2) is 27.9 Å². The fourth-order valence-electron chi connectivity index (χ4n) is 3.92. The molecule has 32 heavy (non-hydrogen) atoms. The quantitative estimate of drug-likeness (QED) is 0.509. The molecule has 2 atom stereocenters.